The number of aliphatic carboxylic acids is 1. The van der Waals surface area contributed by atoms with E-state index in [1.54, 1.807) is 0 Å². The third-order valence-corrected chi connectivity index (χ3v) is 2.65. The Labute approximate surface area is 94.3 Å². The fourth-order valence-corrected chi connectivity index (χ4v) is 1.41. The van der Waals surface area contributed by atoms with Gasteiger partial charge < -0.3 is 10.4 Å². The van der Waals surface area contributed by atoms with Crippen molar-refractivity contribution in [3.63, 3.8) is 0 Å². The van der Waals surface area contributed by atoms with E-state index in [0.717, 1.165) is 6.42 Å². The van der Waals surface area contributed by atoms with Gasteiger partial charge in [0.05, 0.1) is 0 Å². The van der Waals surface area contributed by atoms with Gasteiger partial charge in [0.15, 0.2) is 0 Å². The topological polar surface area (TPSA) is 49.3 Å². The number of rotatable bonds is 5. The smallest absolute Gasteiger partial charge is 0.326 e. The Hall–Kier alpha value is -1.58. The first kappa shape index (κ1) is 12.5. The summed E-state index contributed by atoms with van der Waals surface area (Å²) in [6, 6.07) is 5.03. The van der Waals surface area contributed by atoms with Crippen LogP contribution in [-0.4, -0.2) is 17.1 Å². The summed E-state index contributed by atoms with van der Waals surface area (Å²) >= 11 is 0. The van der Waals surface area contributed by atoms with Crippen molar-refractivity contribution in [1.82, 2.24) is 0 Å². The lowest BCUT2D eigenvalue weighted by molar-refractivity contribution is -0.139. The molecule has 1 rings (SSSR count). The molecule has 1 aromatic rings. The second-order valence-electron chi connectivity index (χ2n) is 3.85. The Morgan fingerprint density at radius 2 is 2.00 bits per heavy atom. The summed E-state index contributed by atoms with van der Waals surface area (Å²) in [4.78, 5) is 11.0. The van der Waals surface area contributed by atoms with E-state index >= 15 is 0 Å². The normalized spacial score (nSPS) is 14.2. The van der Waals surface area contributed by atoms with E-state index in [1.807, 2.05) is 13.8 Å². The van der Waals surface area contributed by atoms with E-state index in [9.17, 15) is 9.18 Å². The van der Waals surface area contributed by atoms with Crippen molar-refractivity contribution >= 4 is 11.7 Å². The second-order valence-corrected chi connectivity index (χ2v) is 3.85. The zero-order valence-corrected chi connectivity index (χ0v) is 9.40. The number of carboxylic acid groups (broad SMARTS) is 1. The van der Waals surface area contributed by atoms with Gasteiger partial charge in [-0.3, -0.25) is 0 Å². The van der Waals surface area contributed by atoms with Crippen LogP contribution in [0.3, 0.4) is 0 Å². The lowest BCUT2D eigenvalue weighted by Gasteiger charge is -2.21. The van der Waals surface area contributed by atoms with Gasteiger partial charge in [-0.05, 0) is 30.2 Å². The van der Waals surface area contributed by atoms with E-state index in [-0.39, 0.29) is 11.7 Å². The maximum absolute atomic E-state index is 12.7. The van der Waals surface area contributed by atoms with Gasteiger partial charge in [0, 0.05) is 5.69 Å². The third-order valence-electron chi connectivity index (χ3n) is 2.65. The maximum atomic E-state index is 12.7. The summed E-state index contributed by atoms with van der Waals surface area (Å²) in [5.74, 6) is -1.21. The molecule has 0 heterocycles. The van der Waals surface area contributed by atoms with Crippen LogP contribution in [0.1, 0.15) is 20.3 Å². The molecule has 2 unspecified atom stereocenters. The standard InChI is InChI=1S/C12H16FNO2/c1-3-8(2)11(12(15)16)14-10-6-4-9(13)5-7-10/h4-8,11,14H,3H2,1-2H3,(H,15,16). The minimum absolute atomic E-state index is 0.0163. The zero-order chi connectivity index (χ0) is 12.1. The van der Waals surface area contributed by atoms with Crippen LogP contribution < -0.4 is 5.32 Å². The van der Waals surface area contributed by atoms with Crippen molar-refractivity contribution in [2.75, 3.05) is 5.32 Å². The van der Waals surface area contributed by atoms with E-state index in [0.29, 0.717) is 5.69 Å². The third kappa shape index (κ3) is 3.22. The van der Waals surface area contributed by atoms with Crippen molar-refractivity contribution in [1.29, 1.82) is 0 Å². The van der Waals surface area contributed by atoms with Gasteiger partial charge in [0.1, 0.15) is 11.9 Å². The van der Waals surface area contributed by atoms with E-state index in [1.165, 1.54) is 24.3 Å². The number of halogens is 1. The quantitative estimate of drug-likeness (QED) is 0.810. The van der Waals surface area contributed by atoms with Gasteiger partial charge >= 0.3 is 5.97 Å². The highest BCUT2D eigenvalue weighted by Crippen LogP contribution is 2.16. The lowest BCUT2D eigenvalue weighted by atomic mass is 9.99. The number of nitrogens with one attached hydrogen (secondary N) is 1. The molecule has 0 aromatic heterocycles. The fourth-order valence-electron chi connectivity index (χ4n) is 1.41. The summed E-state index contributed by atoms with van der Waals surface area (Å²) in [6.45, 7) is 3.81. The molecule has 2 N–H and O–H groups in total. The summed E-state index contributed by atoms with van der Waals surface area (Å²) in [7, 11) is 0. The molecule has 1 aromatic carbocycles. The molecule has 0 fully saturated rings. The molecule has 0 aliphatic rings. The van der Waals surface area contributed by atoms with Crippen LogP contribution in [0.2, 0.25) is 0 Å². The van der Waals surface area contributed by atoms with Crippen molar-refractivity contribution in [2.45, 2.75) is 26.3 Å². The molecular weight excluding hydrogens is 209 g/mol. The summed E-state index contributed by atoms with van der Waals surface area (Å²) in [6.07, 6.45) is 0.769. The van der Waals surface area contributed by atoms with Crippen molar-refractivity contribution in [3.8, 4) is 0 Å². The van der Waals surface area contributed by atoms with Crippen LogP contribution in [0.25, 0.3) is 0 Å². The number of hydrogen-bond donors (Lipinski definition) is 2. The maximum Gasteiger partial charge on any atom is 0.326 e. The summed E-state index contributed by atoms with van der Waals surface area (Å²) < 4.78 is 12.7. The molecule has 0 aliphatic heterocycles. The Balaban J connectivity index is 2.75. The van der Waals surface area contributed by atoms with Gasteiger partial charge in [-0.1, -0.05) is 20.3 Å². The number of anilines is 1. The number of carbonyl (C=O) groups is 1. The summed E-state index contributed by atoms with van der Waals surface area (Å²) in [5.41, 5.74) is 0.620. The van der Waals surface area contributed by atoms with E-state index in [2.05, 4.69) is 5.32 Å². The van der Waals surface area contributed by atoms with Crippen LogP contribution in [0.4, 0.5) is 10.1 Å². The fraction of sp³-hybridized carbons (Fsp3) is 0.417. The molecular formula is C12H16FNO2. The van der Waals surface area contributed by atoms with Crippen LogP contribution in [0.5, 0.6) is 0 Å². The molecule has 0 bridgehead atoms. The van der Waals surface area contributed by atoms with Gasteiger partial charge in [-0.25, -0.2) is 9.18 Å². The van der Waals surface area contributed by atoms with E-state index in [4.69, 9.17) is 5.11 Å². The van der Waals surface area contributed by atoms with Crippen LogP contribution in [0.15, 0.2) is 24.3 Å². The number of benzene rings is 1. The highest BCUT2D eigenvalue weighted by molar-refractivity contribution is 5.77. The van der Waals surface area contributed by atoms with Crippen molar-refractivity contribution in [3.05, 3.63) is 30.1 Å². The average Bonchev–Trinajstić information content (AvgIpc) is 2.27. The summed E-state index contributed by atoms with van der Waals surface area (Å²) in [5, 5.41) is 11.9. The van der Waals surface area contributed by atoms with Gasteiger partial charge in [0.2, 0.25) is 0 Å². The van der Waals surface area contributed by atoms with Crippen LogP contribution >= 0.6 is 0 Å². The molecule has 2 atom stereocenters. The Kier molecular flexibility index (Phi) is 4.28. The van der Waals surface area contributed by atoms with Crippen LogP contribution in [-0.2, 0) is 4.79 Å². The molecule has 3 nitrogen and oxygen atoms in total. The minimum atomic E-state index is -0.890. The molecule has 16 heavy (non-hydrogen) atoms. The molecule has 0 amide bonds. The molecule has 0 saturated heterocycles. The highest BCUT2D eigenvalue weighted by Gasteiger charge is 2.22. The molecule has 0 aliphatic carbocycles. The van der Waals surface area contributed by atoms with Crippen molar-refractivity contribution in [2.24, 2.45) is 5.92 Å². The van der Waals surface area contributed by atoms with Gasteiger partial charge in [-0.15, -0.1) is 0 Å². The molecule has 0 spiro atoms. The first-order chi connectivity index (χ1) is 7.54. The molecule has 88 valence electrons. The minimum Gasteiger partial charge on any atom is -0.480 e. The van der Waals surface area contributed by atoms with Gasteiger partial charge in [-0.2, -0.15) is 0 Å². The predicted octanol–water partition coefficient (Wildman–Crippen LogP) is 2.74. The number of hydrogen-bond acceptors (Lipinski definition) is 2. The Bertz CT molecular complexity index is 351. The Morgan fingerprint density at radius 3 is 2.44 bits per heavy atom. The lowest BCUT2D eigenvalue weighted by Crippen LogP contribution is -2.35. The zero-order valence-electron chi connectivity index (χ0n) is 9.40. The first-order valence-electron chi connectivity index (χ1n) is 5.29. The van der Waals surface area contributed by atoms with Crippen LogP contribution in [0, 0.1) is 11.7 Å². The SMILES string of the molecule is CCC(C)C(Nc1ccc(F)cc1)C(=O)O. The first-order valence-corrected chi connectivity index (χ1v) is 5.29. The molecule has 0 radical (unpaired) electrons. The monoisotopic (exact) mass is 225 g/mol. The predicted molar refractivity (Wildman–Crippen MR) is 60.9 cm³/mol. The Morgan fingerprint density at radius 1 is 1.44 bits per heavy atom. The molecule has 0 saturated carbocycles. The van der Waals surface area contributed by atoms with Gasteiger partial charge in [0.25, 0.3) is 0 Å². The highest BCUT2D eigenvalue weighted by atomic mass is 19.1. The molecule has 4 heteroatoms. The number of carboxylic acids is 1. The second kappa shape index (κ2) is 5.49. The average molecular weight is 225 g/mol. The van der Waals surface area contributed by atoms with E-state index < -0.39 is 12.0 Å². The largest absolute Gasteiger partial charge is 0.480 e. The van der Waals surface area contributed by atoms with Crippen molar-refractivity contribution < 1.29 is 14.3 Å².